The SMILES string of the molecule is CC(=O)Oc1ccc(C(=O)O)cc1C(C)(C)CC(C)(C)C. The molecule has 116 valence electrons. The molecule has 0 aliphatic heterocycles. The number of ether oxygens (including phenoxy) is 1. The van der Waals surface area contributed by atoms with Crippen molar-refractivity contribution in [2.45, 2.75) is 53.4 Å². The van der Waals surface area contributed by atoms with E-state index >= 15 is 0 Å². The summed E-state index contributed by atoms with van der Waals surface area (Å²) in [6.07, 6.45) is 0.831. The van der Waals surface area contributed by atoms with Gasteiger partial charge in [0.05, 0.1) is 5.56 Å². The van der Waals surface area contributed by atoms with Crippen molar-refractivity contribution in [3.8, 4) is 5.75 Å². The molecule has 1 N–H and O–H groups in total. The standard InChI is InChI=1S/C17H24O4/c1-11(18)21-14-8-7-12(15(19)20)9-13(14)17(5,6)10-16(2,3)4/h7-9H,10H2,1-6H3,(H,19,20). The topological polar surface area (TPSA) is 63.6 Å². The second-order valence-electron chi connectivity index (χ2n) is 7.23. The minimum atomic E-state index is -0.989. The molecule has 0 bridgehead atoms. The van der Waals surface area contributed by atoms with Crippen LogP contribution in [0.4, 0.5) is 0 Å². The van der Waals surface area contributed by atoms with Crippen LogP contribution in [0.5, 0.6) is 5.75 Å². The molecule has 0 aliphatic rings. The highest BCUT2D eigenvalue weighted by Gasteiger charge is 2.31. The number of hydrogen-bond acceptors (Lipinski definition) is 3. The van der Waals surface area contributed by atoms with Crippen LogP contribution in [0.2, 0.25) is 0 Å². The maximum Gasteiger partial charge on any atom is 0.335 e. The van der Waals surface area contributed by atoms with E-state index < -0.39 is 11.9 Å². The second-order valence-corrected chi connectivity index (χ2v) is 7.23. The summed E-state index contributed by atoms with van der Waals surface area (Å²) in [5, 5.41) is 9.17. The van der Waals surface area contributed by atoms with Crippen molar-refractivity contribution < 1.29 is 19.4 Å². The highest BCUT2D eigenvalue weighted by Crippen LogP contribution is 2.40. The molecule has 4 heteroatoms. The van der Waals surface area contributed by atoms with E-state index in [4.69, 9.17) is 4.74 Å². The third-order valence-electron chi connectivity index (χ3n) is 3.18. The molecule has 0 aliphatic carbocycles. The Morgan fingerprint density at radius 2 is 1.71 bits per heavy atom. The lowest BCUT2D eigenvalue weighted by atomic mass is 9.72. The molecular formula is C17H24O4. The Morgan fingerprint density at radius 1 is 1.14 bits per heavy atom. The average Bonchev–Trinajstić information content (AvgIpc) is 2.24. The highest BCUT2D eigenvalue weighted by atomic mass is 16.5. The van der Waals surface area contributed by atoms with Crippen molar-refractivity contribution in [3.63, 3.8) is 0 Å². The number of rotatable bonds is 4. The molecule has 0 saturated carbocycles. The monoisotopic (exact) mass is 292 g/mol. The number of carboxylic acid groups (broad SMARTS) is 1. The zero-order chi connectivity index (χ0) is 16.4. The normalized spacial score (nSPS) is 12.1. The predicted octanol–water partition coefficient (Wildman–Crippen LogP) is 4.02. The van der Waals surface area contributed by atoms with E-state index in [1.807, 2.05) is 13.8 Å². The van der Waals surface area contributed by atoms with E-state index in [0.29, 0.717) is 5.75 Å². The number of carboxylic acids is 1. The lowest BCUT2D eigenvalue weighted by Gasteiger charge is -2.34. The molecule has 0 amide bonds. The van der Waals surface area contributed by atoms with Gasteiger partial charge in [0.2, 0.25) is 0 Å². The van der Waals surface area contributed by atoms with Gasteiger partial charge in [-0.1, -0.05) is 34.6 Å². The fraction of sp³-hybridized carbons (Fsp3) is 0.529. The maximum absolute atomic E-state index is 11.3. The summed E-state index contributed by atoms with van der Waals surface area (Å²) >= 11 is 0. The van der Waals surface area contributed by atoms with E-state index in [-0.39, 0.29) is 16.4 Å². The van der Waals surface area contributed by atoms with Crippen LogP contribution in [-0.4, -0.2) is 17.0 Å². The van der Waals surface area contributed by atoms with Gasteiger partial charge in [-0.15, -0.1) is 0 Å². The number of benzene rings is 1. The Labute approximate surface area is 126 Å². The molecule has 0 spiro atoms. The number of hydrogen-bond donors (Lipinski definition) is 1. The van der Waals surface area contributed by atoms with Crippen LogP contribution < -0.4 is 4.74 Å². The van der Waals surface area contributed by atoms with Crippen LogP contribution in [-0.2, 0) is 10.2 Å². The zero-order valence-corrected chi connectivity index (χ0v) is 13.6. The van der Waals surface area contributed by atoms with Crippen LogP contribution in [0.1, 0.15) is 63.9 Å². The van der Waals surface area contributed by atoms with Crippen molar-refractivity contribution >= 4 is 11.9 Å². The maximum atomic E-state index is 11.3. The molecule has 0 heterocycles. The molecule has 21 heavy (non-hydrogen) atoms. The van der Waals surface area contributed by atoms with E-state index in [0.717, 1.165) is 12.0 Å². The third-order valence-corrected chi connectivity index (χ3v) is 3.18. The van der Waals surface area contributed by atoms with Crippen LogP contribution in [0.25, 0.3) is 0 Å². The number of carbonyl (C=O) groups is 2. The van der Waals surface area contributed by atoms with Gasteiger partial charge < -0.3 is 9.84 Å². The van der Waals surface area contributed by atoms with Gasteiger partial charge in [0.1, 0.15) is 5.75 Å². The van der Waals surface area contributed by atoms with Gasteiger partial charge in [0.25, 0.3) is 0 Å². The molecule has 0 aromatic heterocycles. The van der Waals surface area contributed by atoms with E-state index in [2.05, 4.69) is 20.8 Å². The van der Waals surface area contributed by atoms with Crippen molar-refractivity contribution in [2.75, 3.05) is 0 Å². The molecule has 0 radical (unpaired) electrons. The molecule has 1 rings (SSSR count). The van der Waals surface area contributed by atoms with Crippen LogP contribution in [0.3, 0.4) is 0 Å². The Morgan fingerprint density at radius 3 is 2.14 bits per heavy atom. The lowest BCUT2D eigenvalue weighted by molar-refractivity contribution is -0.131. The Balaban J connectivity index is 3.37. The summed E-state index contributed by atoms with van der Waals surface area (Å²) in [6.45, 7) is 11.8. The summed E-state index contributed by atoms with van der Waals surface area (Å²) in [5.41, 5.74) is 0.695. The van der Waals surface area contributed by atoms with Crippen molar-refractivity contribution in [1.82, 2.24) is 0 Å². The van der Waals surface area contributed by atoms with Crippen molar-refractivity contribution in [1.29, 1.82) is 0 Å². The molecule has 4 nitrogen and oxygen atoms in total. The molecule has 1 aromatic carbocycles. The third kappa shape index (κ3) is 4.88. The van der Waals surface area contributed by atoms with Gasteiger partial charge in [-0.05, 0) is 35.4 Å². The lowest BCUT2D eigenvalue weighted by Crippen LogP contribution is -2.26. The molecule has 0 atom stereocenters. The predicted molar refractivity (Wildman–Crippen MR) is 81.8 cm³/mol. The molecule has 0 fully saturated rings. The molecule has 0 unspecified atom stereocenters. The van der Waals surface area contributed by atoms with Gasteiger partial charge in [-0.25, -0.2) is 4.79 Å². The van der Waals surface area contributed by atoms with Gasteiger partial charge in [-0.2, -0.15) is 0 Å². The van der Waals surface area contributed by atoms with Crippen LogP contribution >= 0.6 is 0 Å². The number of aromatic carboxylic acids is 1. The van der Waals surface area contributed by atoms with Gasteiger partial charge >= 0.3 is 11.9 Å². The first kappa shape index (κ1) is 17.2. The Bertz CT molecular complexity index is 550. The van der Waals surface area contributed by atoms with Gasteiger partial charge in [-0.3, -0.25) is 4.79 Å². The molecule has 1 aromatic rings. The second kappa shape index (κ2) is 5.88. The summed E-state index contributed by atoms with van der Waals surface area (Å²) in [7, 11) is 0. The van der Waals surface area contributed by atoms with Gasteiger partial charge in [0.15, 0.2) is 0 Å². The smallest absolute Gasteiger partial charge is 0.335 e. The van der Waals surface area contributed by atoms with Crippen molar-refractivity contribution in [2.24, 2.45) is 5.41 Å². The van der Waals surface area contributed by atoms with Crippen LogP contribution in [0, 0.1) is 5.41 Å². The summed E-state index contributed by atoms with van der Waals surface area (Å²) in [5.74, 6) is -0.968. The zero-order valence-electron chi connectivity index (χ0n) is 13.6. The van der Waals surface area contributed by atoms with Gasteiger partial charge in [0, 0.05) is 12.5 Å². The first-order valence-electron chi connectivity index (χ1n) is 6.99. The molecule has 0 saturated heterocycles. The van der Waals surface area contributed by atoms with E-state index in [1.54, 1.807) is 12.1 Å². The Hall–Kier alpha value is -1.84. The summed E-state index contributed by atoms with van der Waals surface area (Å²) in [6, 6.07) is 4.62. The average molecular weight is 292 g/mol. The highest BCUT2D eigenvalue weighted by molar-refractivity contribution is 5.88. The largest absolute Gasteiger partial charge is 0.478 e. The number of carbonyl (C=O) groups excluding carboxylic acids is 1. The van der Waals surface area contributed by atoms with E-state index in [9.17, 15) is 14.7 Å². The van der Waals surface area contributed by atoms with E-state index in [1.165, 1.54) is 13.0 Å². The summed E-state index contributed by atoms with van der Waals surface area (Å²) in [4.78, 5) is 22.4. The van der Waals surface area contributed by atoms with Crippen LogP contribution in [0.15, 0.2) is 18.2 Å². The first-order valence-corrected chi connectivity index (χ1v) is 6.99. The minimum Gasteiger partial charge on any atom is -0.478 e. The summed E-state index contributed by atoms with van der Waals surface area (Å²) < 4.78 is 5.25. The fourth-order valence-corrected chi connectivity index (χ4v) is 2.86. The number of esters is 1. The molecular weight excluding hydrogens is 268 g/mol. The Kier molecular flexibility index (Phi) is 4.82. The minimum absolute atomic E-state index is 0.0657. The fourth-order valence-electron chi connectivity index (χ4n) is 2.86. The first-order chi connectivity index (χ1) is 9.42. The quantitative estimate of drug-likeness (QED) is 0.672. The van der Waals surface area contributed by atoms with Crippen molar-refractivity contribution in [3.05, 3.63) is 29.3 Å².